The van der Waals surface area contributed by atoms with E-state index >= 15 is 0 Å². The van der Waals surface area contributed by atoms with E-state index in [0.717, 1.165) is 5.39 Å². The summed E-state index contributed by atoms with van der Waals surface area (Å²) in [5.74, 6) is 0.537. The maximum absolute atomic E-state index is 12.7. The van der Waals surface area contributed by atoms with E-state index in [1.165, 1.54) is 11.3 Å². The lowest BCUT2D eigenvalue weighted by Crippen LogP contribution is -2.02. The molecule has 1 aromatic carbocycles. The Morgan fingerprint density at radius 2 is 2.05 bits per heavy atom. The lowest BCUT2D eigenvalue weighted by atomic mass is 10.0. The van der Waals surface area contributed by atoms with E-state index in [0.29, 0.717) is 37.6 Å². The molecule has 0 bridgehead atoms. The quantitative estimate of drug-likeness (QED) is 0.587. The van der Waals surface area contributed by atoms with Gasteiger partial charge in [0.1, 0.15) is 15.7 Å². The van der Waals surface area contributed by atoms with E-state index in [-0.39, 0.29) is 5.78 Å². The molecule has 0 N–H and O–H groups in total. The van der Waals surface area contributed by atoms with Crippen LogP contribution < -0.4 is 0 Å². The molecule has 0 radical (unpaired) electrons. The normalized spacial score (nSPS) is 11.2. The van der Waals surface area contributed by atoms with Gasteiger partial charge >= 0.3 is 0 Å². The van der Waals surface area contributed by atoms with Gasteiger partial charge in [-0.3, -0.25) is 4.79 Å². The van der Waals surface area contributed by atoms with Gasteiger partial charge in [-0.2, -0.15) is 0 Å². The van der Waals surface area contributed by atoms with Crippen molar-refractivity contribution >= 4 is 51.3 Å². The summed E-state index contributed by atoms with van der Waals surface area (Å²) in [6, 6.07) is 9.11. The highest BCUT2D eigenvalue weighted by Gasteiger charge is 2.23. The summed E-state index contributed by atoms with van der Waals surface area (Å²) in [5, 5.41) is 0.813. The van der Waals surface area contributed by atoms with Crippen LogP contribution in [-0.4, -0.2) is 5.78 Å². The maximum Gasteiger partial charge on any atom is 0.199 e. The van der Waals surface area contributed by atoms with Crippen molar-refractivity contribution in [3.8, 4) is 0 Å². The number of carbonyl (C=O) groups is 1. The van der Waals surface area contributed by atoms with E-state index in [9.17, 15) is 4.79 Å². The van der Waals surface area contributed by atoms with Gasteiger partial charge in [-0.05, 0) is 12.1 Å². The van der Waals surface area contributed by atoms with Crippen LogP contribution in [0.4, 0.5) is 0 Å². The first-order valence-electron chi connectivity index (χ1n) is 6.11. The second-order valence-electron chi connectivity index (χ2n) is 4.32. The number of benzene rings is 1. The highest BCUT2D eigenvalue weighted by Crippen LogP contribution is 2.35. The van der Waals surface area contributed by atoms with Crippen LogP contribution in [0.15, 0.2) is 34.7 Å². The molecule has 3 aromatic rings. The topological polar surface area (TPSA) is 30.2 Å². The van der Waals surface area contributed by atoms with Crippen LogP contribution in [0.1, 0.15) is 28.6 Å². The smallest absolute Gasteiger partial charge is 0.199 e. The number of carbonyl (C=O) groups excluding carboxylic acids is 1. The van der Waals surface area contributed by atoms with Gasteiger partial charge in [0.05, 0.1) is 15.5 Å². The lowest BCUT2D eigenvalue weighted by molar-refractivity contribution is 0.103. The molecule has 0 unspecified atom stereocenters. The van der Waals surface area contributed by atoms with E-state index in [2.05, 4.69) is 0 Å². The standard InChI is InChI=1S/C15H10Cl2O2S/c1-2-10-13(8-5-3-4-6-11(8)19-10)14(18)9-7-12(16)20-15(9)17/h3-7H,2H2,1H3. The van der Waals surface area contributed by atoms with E-state index in [1.807, 2.05) is 31.2 Å². The summed E-state index contributed by atoms with van der Waals surface area (Å²) in [4.78, 5) is 12.7. The summed E-state index contributed by atoms with van der Waals surface area (Å²) in [7, 11) is 0. The monoisotopic (exact) mass is 324 g/mol. The second kappa shape index (κ2) is 5.24. The van der Waals surface area contributed by atoms with Crippen LogP contribution in [0.5, 0.6) is 0 Å². The molecule has 0 aliphatic carbocycles. The molecule has 20 heavy (non-hydrogen) atoms. The van der Waals surface area contributed by atoms with Gasteiger partial charge < -0.3 is 4.42 Å². The van der Waals surface area contributed by atoms with Crippen LogP contribution in [0.2, 0.25) is 8.67 Å². The predicted octanol–water partition coefficient (Wildman–Crippen LogP) is 5.59. The average Bonchev–Trinajstić information content (AvgIpc) is 2.97. The Bertz CT molecular complexity index is 801. The Morgan fingerprint density at radius 3 is 2.70 bits per heavy atom. The molecular formula is C15H10Cl2O2S. The largest absolute Gasteiger partial charge is 0.460 e. The average molecular weight is 325 g/mol. The molecule has 5 heteroatoms. The van der Waals surface area contributed by atoms with Gasteiger partial charge in [-0.15, -0.1) is 11.3 Å². The molecule has 102 valence electrons. The van der Waals surface area contributed by atoms with Crippen molar-refractivity contribution in [3.05, 3.63) is 55.9 Å². The van der Waals surface area contributed by atoms with Crippen molar-refractivity contribution in [3.63, 3.8) is 0 Å². The predicted molar refractivity (Wildman–Crippen MR) is 83.4 cm³/mol. The zero-order valence-corrected chi connectivity index (χ0v) is 12.9. The first-order chi connectivity index (χ1) is 9.61. The fraction of sp³-hybridized carbons (Fsp3) is 0.133. The second-order valence-corrected chi connectivity index (χ2v) is 6.60. The van der Waals surface area contributed by atoms with Crippen molar-refractivity contribution in [1.82, 2.24) is 0 Å². The first kappa shape index (κ1) is 13.7. The SMILES string of the molecule is CCc1oc2ccccc2c1C(=O)c1cc(Cl)sc1Cl. The van der Waals surface area contributed by atoms with Crippen LogP contribution in [0.3, 0.4) is 0 Å². The molecule has 0 aliphatic heterocycles. The summed E-state index contributed by atoms with van der Waals surface area (Å²) in [5.41, 5.74) is 1.73. The van der Waals surface area contributed by atoms with Crippen molar-refractivity contribution in [2.75, 3.05) is 0 Å². The number of para-hydroxylation sites is 1. The third-order valence-corrected chi connectivity index (χ3v) is 4.61. The fourth-order valence-electron chi connectivity index (χ4n) is 2.22. The molecule has 2 heterocycles. The zero-order chi connectivity index (χ0) is 14.3. The van der Waals surface area contributed by atoms with E-state index in [4.69, 9.17) is 27.6 Å². The number of hydrogen-bond donors (Lipinski definition) is 0. The molecule has 0 atom stereocenters. The lowest BCUT2D eigenvalue weighted by Gasteiger charge is -1.99. The highest BCUT2D eigenvalue weighted by atomic mass is 35.5. The fourth-order valence-corrected chi connectivity index (χ4v) is 3.68. The van der Waals surface area contributed by atoms with Crippen molar-refractivity contribution in [2.24, 2.45) is 0 Å². The summed E-state index contributed by atoms with van der Waals surface area (Å²) < 4.78 is 6.66. The molecule has 3 rings (SSSR count). The van der Waals surface area contributed by atoms with Crippen LogP contribution in [-0.2, 0) is 6.42 Å². The molecule has 2 aromatic heterocycles. The van der Waals surface area contributed by atoms with Crippen LogP contribution in [0, 0.1) is 0 Å². The van der Waals surface area contributed by atoms with Crippen molar-refractivity contribution in [1.29, 1.82) is 0 Å². The Labute approximate surface area is 129 Å². The minimum Gasteiger partial charge on any atom is -0.460 e. The molecule has 0 aliphatic rings. The number of ketones is 1. The number of hydrogen-bond acceptors (Lipinski definition) is 3. The van der Waals surface area contributed by atoms with Gasteiger partial charge in [0.25, 0.3) is 0 Å². The Balaban J connectivity index is 2.23. The van der Waals surface area contributed by atoms with Gasteiger partial charge in [0, 0.05) is 11.8 Å². The third kappa shape index (κ3) is 2.16. The van der Waals surface area contributed by atoms with E-state index in [1.54, 1.807) is 6.07 Å². The number of rotatable bonds is 3. The number of thiophene rings is 1. The minimum absolute atomic E-state index is 0.139. The molecule has 2 nitrogen and oxygen atoms in total. The Morgan fingerprint density at radius 1 is 1.30 bits per heavy atom. The number of fused-ring (bicyclic) bond motifs is 1. The molecule has 0 saturated heterocycles. The number of halogens is 2. The van der Waals surface area contributed by atoms with Gasteiger partial charge in [0.15, 0.2) is 5.78 Å². The summed E-state index contributed by atoms with van der Waals surface area (Å²) in [6.07, 6.45) is 0.644. The molecule has 0 amide bonds. The first-order valence-corrected chi connectivity index (χ1v) is 7.69. The van der Waals surface area contributed by atoms with E-state index < -0.39 is 0 Å². The van der Waals surface area contributed by atoms with Crippen molar-refractivity contribution in [2.45, 2.75) is 13.3 Å². The maximum atomic E-state index is 12.7. The number of furan rings is 1. The molecular weight excluding hydrogens is 315 g/mol. The highest BCUT2D eigenvalue weighted by molar-refractivity contribution is 7.20. The van der Waals surface area contributed by atoms with Gasteiger partial charge in [-0.25, -0.2) is 0 Å². The Hall–Kier alpha value is -1.29. The van der Waals surface area contributed by atoms with Crippen LogP contribution in [0.25, 0.3) is 11.0 Å². The molecule has 0 spiro atoms. The van der Waals surface area contributed by atoms with Crippen LogP contribution >= 0.6 is 34.5 Å². The molecule has 0 saturated carbocycles. The minimum atomic E-state index is -0.139. The third-order valence-electron chi connectivity index (χ3n) is 3.12. The molecule has 0 fully saturated rings. The summed E-state index contributed by atoms with van der Waals surface area (Å²) in [6.45, 7) is 1.96. The van der Waals surface area contributed by atoms with Gasteiger partial charge in [0.2, 0.25) is 0 Å². The number of aryl methyl sites for hydroxylation is 1. The zero-order valence-electron chi connectivity index (χ0n) is 10.6. The summed E-state index contributed by atoms with van der Waals surface area (Å²) >= 11 is 13.2. The Kier molecular flexibility index (Phi) is 3.59. The van der Waals surface area contributed by atoms with Crippen molar-refractivity contribution < 1.29 is 9.21 Å². The van der Waals surface area contributed by atoms with Gasteiger partial charge in [-0.1, -0.05) is 48.3 Å².